The number of fused-ring (bicyclic) bond motifs is 1. The minimum Gasteiger partial charge on any atom is -0.396 e. The highest BCUT2D eigenvalue weighted by molar-refractivity contribution is 7.13. The first-order valence-corrected chi connectivity index (χ1v) is 5.04. The molecule has 68 valence electrons. The van der Waals surface area contributed by atoms with Crippen LogP contribution in [-0.2, 0) is 0 Å². The Balaban J connectivity index is 2.48. The number of benzene rings is 1. The van der Waals surface area contributed by atoms with E-state index in [1.54, 1.807) is 0 Å². The van der Waals surface area contributed by atoms with Crippen LogP contribution in [0.5, 0.6) is 0 Å². The van der Waals surface area contributed by atoms with Crippen molar-refractivity contribution < 1.29 is 5.11 Å². The fourth-order valence-corrected chi connectivity index (χ4v) is 1.93. The van der Waals surface area contributed by atoms with Crippen LogP contribution in [0.1, 0.15) is 18.4 Å². The molecule has 0 amide bonds. The molecule has 1 aromatic heterocycles. The summed E-state index contributed by atoms with van der Waals surface area (Å²) in [6.07, 6.45) is 1.87. The van der Waals surface area contributed by atoms with Crippen molar-refractivity contribution in [3.63, 3.8) is 0 Å². The summed E-state index contributed by atoms with van der Waals surface area (Å²) < 4.78 is 5.31. The SMILES string of the molecule is CC(CO)c1ccc2sncc2c1. The first kappa shape index (κ1) is 8.66. The Bertz CT molecular complexity index is 410. The fourth-order valence-electron chi connectivity index (χ4n) is 1.30. The van der Waals surface area contributed by atoms with Crippen molar-refractivity contribution >= 4 is 21.6 Å². The number of hydrogen-bond donors (Lipinski definition) is 1. The predicted molar refractivity (Wildman–Crippen MR) is 55.1 cm³/mol. The third-order valence-corrected chi connectivity index (χ3v) is 3.00. The average molecular weight is 193 g/mol. The van der Waals surface area contributed by atoms with Gasteiger partial charge in [-0.15, -0.1) is 0 Å². The molecule has 2 rings (SSSR count). The van der Waals surface area contributed by atoms with Crippen LogP contribution < -0.4 is 0 Å². The van der Waals surface area contributed by atoms with Crippen molar-refractivity contribution in [1.82, 2.24) is 4.37 Å². The number of rotatable bonds is 2. The molecule has 0 saturated heterocycles. The van der Waals surface area contributed by atoms with Gasteiger partial charge in [0, 0.05) is 24.1 Å². The van der Waals surface area contributed by atoms with E-state index >= 15 is 0 Å². The lowest BCUT2D eigenvalue weighted by Gasteiger charge is -2.07. The maximum atomic E-state index is 9.00. The highest BCUT2D eigenvalue weighted by atomic mass is 32.1. The van der Waals surface area contributed by atoms with Crippen molar-refractivity contribution in [3.05, 3.63) is 30.0 Å². The van der Waals surface area contributed by atoms with E-state index in [0.717, 1.165) is 0 Å². The molecule has 1 unspecified atom stereocenters. The predicted octanol–water partition coefficient (Wildman–Crippen LogP) is 2.39. The Kier molecular flexibility index (Phi) is 2.29. The molecule has 0 radical (unpaired) electrons. The molecule has 2 nitrogen and oxygen atoms in total. The van der Waals surface area contributed by atoms with Crippen molar-refractivity contribution in [1.29, 1.82) is 0 Å². The van der Waals surface area contributed by atoms with Gasteiger partial charge in [-0.05, 0) is 29.2 Å². The van der Waals surface area contributed by atoms with Crippen LogP contribution in [-0.4, -0.2) is 16.1 Å². The summed E-state index contributed by atoms with van der Waals surface area (Å²) in [5.74, 6) is 0.212. The zero-order valence-corrected chi connectivity index (χ0v) is 8.21. The Hall–Kier alpha value is -0.930. The van der Waals surface area contributed by atoms with Gasteiger partial charge >= 0.3 is 0 Å². The molecule has 0 aliphatic rings. The average Bonchev–Trinajstić information content (AvgIpc) is 2.63. The number of aromatic nitrogens is 1. The Morgan fingerprint density at radius 1 is 1.54 bits per heavy atom. The molecule has 2 aromatic rings. The minimum atomic E-state index is 0.197. The van der Waals surface area contributed by atoms with E-state index in [-0.39, 0.29) is 12.5 Å². The normalized spacial score (nSPS) is 13.4. The highest BCUT2D eigenvalue weighted by Crippen LogP contribution is 2.23. The van der Waals surface area contributed by atoms with Crippen LogP contribution in [0, 0.1) is 0 Å². The molecule has 0 aliphatic heterocycles. The molecule has 1 atom stereocenters. The second kappa shape index (κ2) is 3.44. The molecule has 0 bridgehead atoms. The first-order chi connectivity index (χ1) is 6.31. The van der Waals surface area contributed by atoms with Gasteiger partial charge in [0.1, 0.15) is 0 Å². The standard InChI is InChI=1S/C10H11NOS/c1-7(6-12)8-2-3-10-9(4-8)5-11-13-10/h2-5,7,12H,6H2,1H3. The van der Waals surface area contributed by atoms with E-state index in [4.69, 9.17) is 5.11 Å². The molecule has 3 heteroatoms. The Labute approximate surface area is 81.0 Å². The lowest BCUT2D eigenvalue weighted by molar-refractivity contribution is 0.273. The van der Waals surface area contributed by atoms with Crippen LogP contribution in [0.2, 0.25) is 0 Å². The molecule has 0 saturated carbocycles. The van der Waals surface area contributed by atoms with Crippen LogP contribution in [0.15, 0.2) is 24.4 Å². The quantitative estimate of drug-likeness (QED) is 0.794. The summed E-state index contributed by atoms with van der Waals surface area (Å²) in [5.41, 5.74) is 1.18. The van der Waals surface area contributed by atoms with Gasteiger partial charge in [0.25, 0.3) is 0 Å². The third-order valence-electron chi connectivity index (χ3n) is 2.22. The first-order valence-electron chi connectivity index (χ1n) is 4.26. The van der Waals surface area contributed by atoms with Crippen LogP contribution in [0.25, 0.3) is 10.1 Å². The molecule has 13 heavy (non-hydrogen) atoms. The van der Waals surface area contributed by atoms with Gasteiger partial charge in [-0.25, -0.2) is 0 Å². The molecular formula is C10H11NOS. The van der Waals surface area contributed by atoms with Crippen molar-refractivity contribution in [2.24, 2.45) is 0 Å². The van der Waals surface area contributed by atoms with E-state index in [1.165, 1.54) is 27.2 Å². The summed E-state index contributed by atoms with van der Waals surface area (Å²) in [6.45, 7) is 2.21. The number of hydrogen-bond acceptors (Lipinski definition) is 3. The largest absolute Gasteiger partial charge is 0.396 e. The zero-order chi connectivity index (χ0) is 9.26. The molecular weight excluding hydrogens is 182 g/mol. The Morgan fingerprint density at radius 3 is 3.15 bits per heavy atom. The molecule has 0 aliphatic carbocycles. The number of aliphatic hydroxyl groups is 1. The lowest BCUT2D eigenvalue weighted by atomic mass is 10.0. The maximum Gasteiger partial charge on any atom is 0.0550 e. The van der Waals surface area contributed by atoms with Gasteiger partial charge in [0.2, 0.25) is 0 Å². The lowest BCUT2D eigenvalue weighted by Crippen LogP contribution is -1.97. The van der Waals surface area contributed by atoms with Crippen molar-refractivity contribution in [3.8, 4) is 0 Å². The summed E-state index contributed by atoms with van der Waals surface area (Å²) in [6, 6.07) is 6.22. The van der Waals surface area contributed by atoms with Crippen molar-refractivity contribution in [2.45, 2.75) is 12.8 Å². The second-order valence-corrected chi connectivity index (χ2v) is 4.04. The molecule has 0 fully saturated rings. The smallest absolute Gasteiger partial charge is 0.0550 e. The highest BCUT2D eigenvalue weighted by Gasteiger charge is 2.04. The van der Waals surface area contributed by atoms with Crippen molar-refractivity contribution in [2.75, 3.05) is 6.61 Å². The zero-order valence-electron chi connectivity index (χ0n) is 7.40. The molecule has 1 N–H and O–H groups in total. The topological polar surface area (TPSA) is 33.1 Å². The summed E-state index contributed by atoms with van der Waals surface area (Å²) in [7, 11) is 0. The minimum absolute atomic E-state index is 0.197. The molecule has 1 aromatic carbocycles. The van der Waals surface area contributed by atoms with E-state index < -0.39 is 0 Å². The van der Waals surface area contributed by atoms with Gasteiger partial charge < -0.3 is 5.11 Å². The van der Waals surface area contributed by atoms with Crippen LogP contribution in [0.4, 0.5) is 0 Å². The van der Waals surface area contributed by atoms with Gasteiger partial charge in [0.05, 0.1) is 4.70 Å². The van der Waals surface area contributed by atoms with Gasteiger partial charge in [0.15, 0.2) is 0 Å². The van der Waals surface area contributed by atoms with E-state index in [9.17, 15) is 0 Å². The van der Waals surface area contributed by atoms with Crippen LogP contribution >= 0.6 is 11.5 Å². The van der Waals surface area contributed by atoms with Crippen LogP contribution in [0.3, 0.4) is 0 Å². The third kappa shape index (κ3) is 1.57. The summed E-state index contributed by atoms with van der Waals surface area (Å²) in [4.78, 5) is 0. The van der Waals surface area contributed by atoms with E-state index in [0.29, 0.717) is 0 Å². The van der Waals surface area contributed by atoms with E-state index in [2.05, 4.69) is 22.6 Å². The van der Waals surface area contributed by atoms with E-state index in [1.807, 2.05) is 13.1 Å². The Morgan fingerprint density at radius 2 is 2.38 bits per heavy atom. The van der Waals surface area contributed by atoms with Gasteiger partial charge in [-0.2, -0.15) is 4.37 Å². The fraction of sp³-hybridized carbons (Fsp3) is 0.300. The van der Waals surface area contributed by atoms with Gasteiger partial charge in [-0.1, -0.05) is 13.0 Å². The molecule has 0 spiro atoms. The molecule has 1 heterocycles. The monoisotopic (exact) mass is 193 g/mol. The number of nitrogens with zero attached hydrogens (tertiary/aromatic N) is 1. The number of aliphatic hydroxyl groups excluding tert-OH is 1. The second-order valence-electron chi connectivity index (χ2n) is 3.21. The summed E-state index contributed by atoms with van der Waals surface area (Å²) in [5, 5.41) is 10.2. The summed E-state index contributed by atoms with van der Waals surface area (Å²) >= 11 is 1.50. The van der Waals surface area contributed by atoms with Gasteiger partial charge in [-0.3, -0.25) is 0 Å². The maximum absolute atomic E-state index is 9.00.